The molecule has 0 aliphatic heterocycles. The van der Waals surface area contributed by atoms with Crippen LogP contribution in [0, 0.1) is 11.8 Å². The summed E-state index contributed by atoms with van der Waals surface area (Å²) < 4.78 is 0. The van der Waals surface area contributed by atoms with Gasteiger partial charge in [0.2, 0.25) is 0 Å². The quantitative estimate of drug-likeness (QED) is 0.680. The summed E-state index contributed by atoms with van der Waals surface area (Å²) in [5.74, 6) is 1.28. The molecule has 3 atom stereocenters. The minimum absolute atomic E-state index is 0.217. The molecule has 1 unspecified atom stereocenters. The zero-order chi connectivity index (χ0) is 11.2. The Morgan fingerprint density at radius 1 is 1.12 bits per heavy atom. The van der Waals surface area contributed by atoms with E-state index in [4.69, 9.17) is 23.2 Å². The van der Waals surface area contributed by atoms with E-state index in [0.717, 1.165) is 5.92 Å². The van der Waals surface area contributed by atoms with Crippen LogP contribution in [0.25, 0.3) is 0 Å². The Kier molecular flexibility index (Phi) is 2.68. The van der Waals surface area contributed by atoms with E-state index in [1.807, 2.05) is 0 Å². The fraction of sp³-hybridized carbons (Fsp3) is 0.571. The smallest absolute Gasteiger partial charge is 0.105 e. The van der Waals surface area contributed by atoms with E-state index in [-0.39, 0.29) is 4.84 Å². The average molecular weight is 255 g/mol. The molecule has 0 radical (unpaired) electrons. The molecule has 16 heavy (non-hydrogen) atoms. The van der Waals surface area contributed by atoms with Gasteiger partial charge < -0.3 is 0 Å². The van der Waals surface area contributed by atoms with Crippen LogP contribution >= 0.6 is 23.2 Å². The molecule has 86 valence electrons. The summed E-state index contributed by atoms with van der Waals surface area (Å²) in [5, 5.41) is 0. The van der Waals surface area contributed by atoms with Gasteiger partial charge in [0.05, 0.1) is 0 Å². The molecule has 0 nitrogen and oxygen atoms in total. The van der Waals surface area contributed by atoms with Crippen LogP contribution in [-0.2, 0) is 5.41 Å². The second-order valence-corrected chi connectivity index (χ2v) is 6.34. The fourth-order valence-electron chi connectivity index (χ4n) is 3.67. The Balaban J connectivity index is 1.97. The number of hydrogen-bond donors (Lipinski definition) is 0. The first-order chi connectivity index (χ1) is 7.75. The number of alkyl halides is 2. The molecule has 0 heterocycles. The molecule has 2 fully saturated rings. The molecular weight excluding hydrogens is 239 g/mol. The number of hydrogen-bond acceptors (Lipinski definition) is 0. The summed E-state index contributed by atoms with van der Waals surface area (Å²) in [6.07, 6.45) is 5.12. The third-order valence-corrected chi connectivity index (χ3v) is 5.11. The lowest BCUT2D eigenvalue weighted by Crippen LogP contribution is -2.31. The van der Waals surface area contributed by atoms with E-state index in [0.29, 0.717) is 11.3 Å². The van der Waals surface area contributed by atoms with Gasteiger partial charge in [-0.2, -0.15) is 0 Å². The van der Waals surface area contributed by atoms with Crippen LogP contribution in [0.5, 0.6) is 0 Å². The molecule has 2 heteroatoms. The van der Waals surface area contributed by atoms with Gasteiger partial charge in [-0.3, -0.25) is 0 Å². The third-order valence-electron chi connectivity index (χ3n) is 4.50. The Bertz CT molecular complexity index is 374. The van der Waals surface area contributed by atoms with Crippen molar-refractivity contribution < 1.29 is 0 Å². The molecule has 1 aromatic rings. The first-order valence-electron chi connectivity index (χ1n) is 6.09. The maximum absolute atomic E-state index is 6.18. The number of halogens is 2. The highest BCUT2D eigenvalue weighted by atomic mass is 35.5. The van der Waals surface area contributed by atoms with Gasteiger partial charge in [-0.25, -0.2) is 0 Å². The normalized spacial score (nSPS) is 37.2. The second kappa shape index (κ2) is 3.92. The first kappa shape index (κ1) is 10.9. The summed E-state index contributed by atoms with van der Waals surface area (Å²) in [6.45, 7) is 0. The lowest BCUT2D eigenvalue weighted by atomic mass is 9.75. The standard InChI is InChI=1S/C14H16Cl2/c15-13(16)12-8-4-7-11-9-14(11,12)10-5-2-1-3-6-10/h1-3,5-6,11-13H,4,7-9H2/t11-,12?,14+/m0/s1. The largest absolute Gasteiger partial charge is 0.111 e. The van der Waals surface area contributed by atoms with E-state index in [9.17, 15) is 0 Å². The maximum Gasteiger partial charge on any atom is 0.111 e. The van der Waals surface area contributed by atoms with Crippen LogP contribution in [0.3, 0.4) is 0 Å². The van der Waals surface area contributed by atoms with Gasteiger partial charge in [0, 0.05) is 5.41 Å². The Labute approximate surface area is 107 Å². The molecule has 2 aliphatic carbocycles. The minimum atomic E-state index is -0.217. The summed E-state index contributed by atoms with van der Waals surface area (Å²) in [4.78, 5) is -0.217. The lowest BCUT2D eigenvalue weighted by Gasteiger charge is -2.33. The monoisotopic (exact) mass is 254 g/mol. The molecule has 2 saturated carbocycles. The van der Waals surface area contributed by atoms with Crippen LogP contribution in [0.15, 0.2) is 30.3 Å². The Morgan fingerprint density at radius 2 is 1.88 bits per heavy atom. The molecule has 0 bridgehead atoms. The predicted octanol–water partition coefficient (Wildman–Crippen LogP) is 4.55. The van der Waals surface area contributed by atoms with E-state index in [1.165, 1.54) is 31.2 Å². The Hall–Kier alpha value is -0.200. The van der Waals surface area contributed by atoms with Gasteiger partial charge in [0.1, 0.15) is 4.84 Å². The first-order valence-corrected chi connectivity index (χ1v) is 6.96. The highest BCUT2D eigenvalue weighted by Gasteiger charge is 2.62. The van der Waals surface area contributed by atoms with Gasteiger partial charge in [0.25, 0.3) is 0 Å². The number of fused-ring (bicyclic) bond motifs is 1. The summed E-state index contributed by atoms with van der Waals surface area (Å²) >= 11 is 12.4. The van der Waals surface area contributed by atoms with Crippen LogP contribution in [0.1, 0.15) is 31.2 Å². The van der Waals surface area contributed by atoms with Crippen molar-refractivity contribution in [2.45, 2.75) is 35.9 Å². The second-order valence-electron chi connectivity index (χ2n) is 5.18. The van der Waals surface area contributed by atoms with Crippen LogP contribution in [0.4, 0.5) is 0 Å². The minimum Gasteiger partial charge on any atom is -0.105 e. The predicted molar refractivity (Wildman–Crippen MR) is 69.1 cm³/mol. The lowest BCUT2D eigenvalue weighted by molar-refractivity contribution is 0.306. The van der Waals surface area contributed by atoms with Crippen molar-refractivity contribution in [3.63, 3.8) is 0 Å². The maximum atomic E-state index is 6.18. The molecule has 0 aromatic heterocycles. The SMILES string of the molecule is ClC(Cl)C1CCC[C@H]2C[C@]12c1ccccc1. The molecule has 0 amide bonds. The summed E-state index contributed by atoms with van der Waals surface area (Å²) in [7, 11) is 0. The Morgan fingerprint density at radius 3 is 2.56 bits per heavy atom. The number of benzene rings is 1. The van der Waals surface area contributed by atoms with E-state index in [1.54, 1.807) is 0 Å². The molecular formula is C14H16Cl2. The zero-order valence-corrected chi connectivity index (χ0v) is 10.7. The van der Waals surface area contributed by atoms with Crippen LogP contribution < -0.4 is 0 Å². The zero-order valence-electron chi connectivity index (χ0n) is 9.20. The molecule has 0 N–H and O–H groups in total. The van der Waals surface area contributed by atoms with Gasteiger partial charge in [-0.15, -0.1) is 23.2 Å². The summed E-state index contributed by atoms with van der Waals surface area (Å²) in [6, 6.07) is 10.8. The van der Waals surface area contributed by atoms with E-state index < -0.39 is 0 Å². The molecule has 3 rings (SSSR count). The van der Waals surface area contributed by atoms with Gasteiger partial charge in [0.15, 0.2) is 0 Å². The van der Waals surface area contributed by atoms with Crippen molar-refractivity contribution in [2.75, 3.05) is 0 Å². The van der Waals surface area contributed by atoms with Crippen molar-refractivity contribution in [3.8, 4) is 0 Å². The molecule has 1 aromatic carbocycles. The van der Waals surface area contributed by atoms with Crippen molar-refractivity contribution in [3.05, 3.63) is 35.9 Å². The topological polar surface area (TPSA) is 0 Å². The molecule has 0 saturated heterocycles. The van der Waals surface area contributed by atoms with Crippen molar-refractivity contribution in [1.29, 1.82) is 0 Å². The van der Waals surface area contributed by atoms with Gasteiger partial charge >= 0.3 is 0 Å². The molecule has 2 aliphatic rings. The van der Waals surface area contributed by atoms with Crippen LogP contribution in [-0.4, -0.2) is 4.84 Å². The van der Waals surface area contributed by atoms with Crippen LogP contribution in [0.2, 0.25) is 0 Å². The highest BCUT2D eigenvalue weighted by molar-refractivity contribution is 6.44. The van der Waals surface area contributed by atoms with Gasteiger partial charge in [-0.05, 0) is 36.7 Å². The van der Waals surface area contributed by atoms with E-state index in [2.05, 4.69) is 30.3 Å². The van der Waals surface area contributed by atoms with Gasteiger partial charge in [-0.1, -0.05) is 36.8 Å². The van der Waals surface area contributed by atoms with Crippen molar-refractivity contribution >= 4 is 23.2 Å². The number of rotatable bonds is 2. The fourth-order valence-corrected chi connectivity index (χ4v) is 4.37. The molecule has 0 spiro atoms. The third kappa shape index (κ3) is 1.50. The van der Waals surface area contributed by atoms with Crippen molar-refractivity contribution in [2.24, 2.45) is 11.8 Å². The highest BCUT2D eigenvalue weighted by Crippen LogP contribution is 2.66. The average Bonchev–Trinajstić information content (AvgIpc) is 3.05. The van der Waals surface area contributed by atoms with Crippen molar-refractivity contribution in [1.82, 2.24) is 0 Å². The summed E-state index contributed by atoms with van der Waals surface area (Å²) in [5.41, 5.74) is 1.77. The van der Waals surface area contributed by atoms with E-state index >= 15 is 0 Å².